The number of hydrogen-bond acceptors (Lipinski definition) is 4. The first kappa shape index (κ1) is 18.1. The van der Waals surface area contributed by atoms with Crippen LogP contribution in [0.1, 0.15) is 5.56 Å². The number of benzene rings is 3. The molecule has 30 heavy (non-hydrogen) atoms. The van der Waals surface area contributed by atoms with Crippen LogP contribution in [0.5, 0.6) is 5.75 Å². The molecule has 0 atom stereocenters. The van der Waals surface area contributed by atoms with Gasteiger partial charge in [0, 0.05) is 5.56 Å². The molecule has 6 heteroatoms. The van der Waals surface area contributed by atoms with E-state index in [1.165, 1.54) is 5.56 Å². The first-order chi connectivity index (χ1) is 14.7. The quantitative estimate of drug-likeness (QED) is 0.449. The van der Waals surface area contributed by atoms with E-state index in [4.69, 9.17) is 4.74 Å². The molecule has 5 rings (SSSR count). The maximum Gasteiger partial charge on any atom is 0.286 e. The summed E-state index contributed by atoms with van der Waals surface area (Å²) in [5, 5.41) is 8.68. The van der Waals surface area contributed by atoms with E-state index in [0.717, 1.165) is 22.3 Å². The van der Waals surface area contributed by atoms with Gasteiger partial charge in [0.05, 0.1) is 17.6 Å². The smallest absolute Gasteiger partial charge is 0.286 e. The van der Waals surface area contributed by atoms with Crippen molar-refractivity contribution < 1.29 is 4.74 Å². The Balaban J connectivity index is 1.57. The minimum absolute atomic E-state index is 0.180. The van der Waals surface area contributed by atoms with Gasteiger partial charge < -0.3 is 9.30 Å². The van der Waals surface area contributed by atoms with Gasteiger partial charge in [-0.15, -0.1) is 10.2 Å². The molecule has 2 aromatic heterocycles. The van der Waals surface area contributed by atoms with Crippen LogP contribution in [0.3, 0.4) is 0 Å². The first-order valence-electron chi connectivity index (χ1n) is 9.84. The molecular weight excluding hydrogens is 376 g/mol. The van der Waals surface area contributed by atoms with Gasteiger partial charge in [-0.25, -0.2) is 4.40 Å². The summed E-state index contributed by atoms with van der Waals surface area (Å²) in [6.45, 7) is 3.04. The van der Waals surface area contributed by atoms with Gasteiger partial charge in [0.1, 0.15) is 12.4 Å². The standard InChI is InChI=1S/C24H20N4O2/c1-17-11-13-19(14-12-17)30-16-15-27-20-9-5-6-10-21(20)28-23(29)22(25-26-24(27)28)18-7-3-2-4-8-18/h2-14H,15-16H2,1H3. The third-order valence-corrected chi connectivity index (χ3v) is 5.15. The maximum absolute atomic E-state index is 13.3. The molecule has 0 saturated carbocycles. The second-order valence-corrected chi connectivity index (χ2v) is 7.16. The van der Waals surface area contributed by atoms with Gasteiger partial charge in [-0.1, -0.05) is 60.2 Å². The molecular formula is C24H20N4O2. The lowest BCUT2D eigenvalue weighted by Crippen LogP contribution is -2.19. The number of nitrogens with zero attached hydrogens (tertiary/aromatic N) is 4. The summed E-state index contributed by atoms with van der Waals surface area (Å²) in [7, 11) is 0. The highest BCUT2D eigenvalue weighted by molar-refractivity contribution is 5.81. The van der Waals surface area contributed by atoms with Gasteiger partial charge in [0.2, 0.25) is 5.78 Å². The van der Waals surface area contributed by atoms with Crippen LogP contribution in [0.25, 0.3) is 28.1 Å². The molecule has 0 aliphatic heterocycles. The molecule has 0 amide bonds. The molecule has 0 fully saturated rings. The molecule has 0 aliphatic carbocycles. The molecule has 0 bridgehead atoms. The lowest BCUT2D eigenvalue weighted by molar-refractivity contribution is 0.301. The van der Waals surface area contributed by atoms with Crippen LogP contribution in [0, 0.1) is 6.92 Å². The second kappa shape index (κ2) is 7.48. The lowest BCUT2D eigenvalue weighted by Gasteiger charge is -2.08. The summed E-state index contributed by atoms with van der Waals surface area (Å²) in [6.07, 6.45) is 0. The van der Waals surface area contributed by atoms with Gasteiger partial charge in [0.25, 0.3) is 5.56 Å². The highest BCUT2D eigenvalue weighted by Gasteiger charge is 2.17. The fraction of sp³-hybridized carbons (Fsp3) is 0.125. The second-order valence-electron chi connectivity index (χ2n) is 7.16. The van der Waals surface area contributed by atoms with E-state index in [0.29, 0.717) is 24.6 Å². The average molecular weight is 396 g/mol. The first-order valence-corrected chi connectivity index (χ1v) is 9.84. The number of aryl methyl sites for hydroxylation is 1. The van der Waals surface area contributed by atoms with Crippen LogP contribution >= 0.6 is 0 Å². The predicted molar refractivity (Wildman–Crippen MR) is 117 cm³/mol. The van der Waals surface area contributed by atoms with Crippen molar-refractivity contribution in [3.8, 4) is 17.0 Å². The molecule has 0 spiro atoms. The Morgan fingerprint density at radius 3 is 2.30 bits per heavy atom. The van der Waals surface area contributed by atoms with E-state index in [1.807, 2.05) is 90.4 Å². The molecule has 3 aromatic carbocycles. The zero-order chi connectivity index (χ0) is 20.5. The SMILES string of the molecule is Cc1ccc(OCCn2c3ccccc3n3c(=O)c(-c4ccccc4)nnc23)cc1. The molecule has 6 nitrogen and oxygen atoms in total. The van der Waals surface area contributed by atoms with E-state index in [1.54, 1.807) is 4.40 Å². The number of hydrogen-bond donors (Lipinski definition) is 0. The van der Waals surface area contributed by atoms with Gasteiger partial charge in [0.15, 0.2) is 5.69 Å². The molecule has 5 aromatic rings. The van der Waals surface area contributed by atoms with E-state index in [9.17, 15) is 4.79 Å². The molecule has 0 N–H and O–H groups in total. The lowest BCUT2D eigenvalue weighted by atomic mass is 10.2. The van der Waals surface area contributed by atoms with Gasteiger partial charge in [-0.2, -0.15) is 0 Å². The minimum atomic E-state index is -0.180. The number of fused-ring (bicyclic) bond motifs is 3. The van der Waals surface area contributed by atoms with Gasteiger partial charge in [-0.05, 0) is 31.2 Å². The van der Waals surface area contributed by atoms with Crippen LogP contribution in [-0.2, 0) is 6.54 Å². The Morgan fingerprint density at radius 1 is 0.833 bits per heavy atom. The number of imidazole rings is 1. The minimum Gasteiger partial charge on any atom is -0.492 e. The summed E-state index contributed by atoms with van der Waals surface area (Å²) >= 11 is 0. The number of rotatable bonds is 5. The molecule has 0 unspecified atom stereocenters. The zero-order valence-corrected chi connectivity index (χ0v) is 16.5. The van der Waals surface area contributed by atoms with Crippen molar-refractivity contribution in [2.24, 2.45) is 0 Å². The monoisotopic (exact) mass is 396 g/mol. The van der Waals surface area contributed by atoms with Crippen molar-refractivity contribution in [2.45, 2.75) is 13.5 Å². The number of para-hydroxylation sites is 2. The van der Waals surface area contributed by atoms with Crippen molar-refractivity contribution in [3.63, 3.8) is 0 Å². The highest BCUT2D eigenvalue weighted by atomic mass is 16.5. The Hall–Kier alpha value is -3.93. The molecule has 0 radical (unpaired) electrons. The van der Waals surface area contributed by atoms with Crippen LogP contribution in [0.4, 0.5) is 0 Å². The maximum atomic E-state index is 13.3. The van der Waals surface area contributed by atoms with Gasteiger partial charge >= 0.3 is 0 Å². The topological polar surface area (TPSA) is 61.4 Å². The largest absolute Gasteiger partial charge is 0.492 e. The van der Waals surface area contributed by atoms with Crippen molar-refractivity contribution in [1.82, 2.24) is 19.2 Å². The third-order valence-electron chi connectivity index (χ3n) is 5.15. The fourth-order valence-corrected chi connectivity index (χ4v) is 3.65. The van der Waals surface area contributed by atoms with E-state index in [2.05, 4.69) is 10.2 Å². The summed E-state index contributed by atoms with van der Waals surface area (Å²) in [5.41, 5.74) is 3.83. The third kappa shape index (κ3) is 3.12. The molecule has 148 valence electrons. The van der Waals surface area contributed by atoms with Crippen molar-refractivity contribution in [2.75, 3.05) is 6.61 Å². The van der Waals surface area contributed by atoms with E-state index in [-0.39, 0.29) is 5.56 Å². The summed E-state index contributed by atoms with van der Waals surface area (Å²) in [4.78, 5) is 13.3. The van der Waals surface area contributed by atoms with Crippen molar-refractivity contribution in [3.05, 3.63) is 94.8 Å². The van der Waals surface area contributed by atoms with Crippen molar-refractivity contribution >= 4 is 16.8 Å². The van der Waals surface area contributed by atoms with Crippen LogP contribution in [0.2, 0.25) is 0 Å². The normalized spacial score (nSPS) is 11.2. The Morgan fingerprint density at radius 2 is 1.53 bits per heavy atom. The molecule has 0 aliphatic rings. The van der Waals surface area contributed by atoms with Crippen LogP contribution in [-0.4, -0.2) is 25.8 Å². The van der Waals surface area contributed by atoms with Crippen LogP contribution in [0.15, 0.2) is 83.7 Å². The predicted octanol–water partition coefficient (Wildman–Crippen LogP) is 4.10. The number of ether oxygens (including phenoxy) is 1. The average Bonchev–Trinajstić information content (AvgIpc) is 3.10. The van der Waals surface area contributed by atoms with Crippen LogP contribution < -0.4 is 10.3 Å². The summed E-state index contributed by atoms with van der Waals surface area (Å²) < 4.78 is 9.51. The fourth-order valence-electron chi connectivity index (χ4n) is 3.65. The Bertz CT molecular complexity index is 1390. The summed E-state index contributed by atoms with van der Waals surface area (Å²) in [5.74, 6) is 1.32. The molecule has 0 saturated heterocycles. The van der Waals surface area contributed by atoms with Gasteiger partial charge in [-0.3, -0.25) is 4.79 Å². The van der Waals surface area contributed by atoms with E-state index < -0.39 is 0 Å². The summed E-state index contributed by atoms with van der Waals surface area (Å²) in [6, 6.07) is 25.2. The highest BCUT2D eigenvalue weighted by Crippen LogP contribution is 2.20. The van der Waals surface area contributed by atoms with Crippen molar-refractivity contribution in [1.29, 1.82) is 0 Å². The Kier molecular flexibility index (Phi) is 4.52. The Labute approximate surface area is 173 Å². The number of aromatic nitrogens is 4. The van der Waals surface area contributed by atoms with E-state index >= 15 is 0 Å². The molecule has 2 heterocycles. The zero-order valence-electron chi connectivity index (χ0n) is 16.5.